The molecule has 0 saturated heterocycles. The van der Waals surface area contributed by atoms with Crippen molar-refractivity contribution in [1.82, 2.24) is 0 Å². The smallest absolute Gasteiger partial charge is 0.190 e. The van der Waals surface area contributed by atoms with Crippen molar-refractivity contribution < 1.29 is 30.0 Å². The molecule has 4 N–H and O–H groups in total. The average molecular weight is 597 g/mol. The molecule has 0 heterocycles. The molecule has 1 aliphatic carbocycles. The maximum Gasteiger partial charge on any atom is 0.190 e. The predicted octanol–water partition coefficient (Wildman–Crippen LogP) is 5.90. The topological polar surface area (TPSA) is 141 Å². The Morgan fingerprint density at radius 2 is 1.36 bits per heavy atom. The van der Waals surface area contributed by atoms with Crippen molar-refractivity contribution in [2.75, 3.05) is 7.11 Å². The highest BCUT2D eigenvalue weighted by molar-refractivity contribution is 6.38. The van der Waals surface area contributed by atoms with Crippen LogP contribution >= 0.6 is 0 Å². The van der Waals surface area contributed by atoms with Crippen molar-refractivity contribution in [2.45, 2.75) is 78.4 Å². The number of aromatic hydroxyl groups is 2. The Hall–Kier alpha value is -4.27. The molecule has 5 aromatic carbocycles. The summed E-state index contributed by atoms with van der Waals surface area (Å²) in [6.07, 6.45) is 7.25. The lowest BCUT2D eigenvalue weighted by Crippen LogP contribution is -2.14. The Bertz CT molecular complexity index is 2140. The Morgan fingerprint density at radius 3 is 1.91 bits per heavy atom. The standard InChI is InChI=1S/C36H36O8/c1-5-6-7-8-9-10-20-21-11-16(2)24(17(3)39)33-32-27(21)30-25(18(14-37)12-22(40)28(30)34(20)42)26-19(15-38)13-23(41)29(31(26)32)35(43)36(33)44-4/h11-13,24,37-38,42-43H,5-10,14-15H2,1-4H3. The van der Waals surface area contributed by atoms with E-state index in [9.17, 15) is 34.8 Å². The van der Waals surface area contributed by atoms with Gasteiger partial charge in [0.05, 0.1) is 37.0 Å². The van der Waals surface area contributed by atoms with Gasteiger partial charge in [0, 0.05) is 21.9 Å². The lowest BCUT2D eigenvalue weighted by molar-refractivity contribution is -0.117. The third-order valence-corrected chi connectivity index (χ3v) is 9.43. The van der Waals surface area contributed by atoms with Gasteiger partial charge in [-0.05, 0) is 77.1 Å². The van der Waals surface area contributed by atoms with E-state index in [1.807, 2.05) is 13.0 Å². The monoisotopic (exact) mass is 596 g/mol. The number of rotatable bonds is 10. The van der Waals surface area contributed by atoms with E-state index >= 15 is 0 Å². The minimum Gasteiger partial charge on any atom is -0.507 e. The number of fused-ring (bicyclic) bond motifs is 1. The first-order valence-electron chi connectivity index (χ1n) is 15.2. The van der Waals surface area contributed by atoms with E-state index in [-0.39, 0.29) is 39.2 Å². The van der Waals surface area contributed by atoms with Crippen LogP contribution in [-0.2, 0) is 24.4 Å². The van der Waals surface area contributed by atoms with Gasteiger partial charge in [-0.3, -0.25) is 14.4 Å². The number of carbonyl (C=O) groups is 1. The van der Waals surface area contributed by atoms with Crippen LogP contribution in [0.2, 0.25) is 0 Å². The van der Waals surface area contributed by atoms with Crippen LogP contribution in [0, 0.1) is 0 Å². The van der Waals surface area contributed by atoms with E-state index in [4.69, 9.17) is 4.74 Å². The average Bonchev–Trinajstić information content (AvgIpc) is 3.12. The lowest BCUT2D eigenvalue weighted by atomic mass is 9.79. The number of Topliss-reactive ketones (excluding diaryl/α,β-unsaturated/α-hetero) is 1. The van der Waals surface area contributed by atoms with Gasteiger partial charge in [0.15, 0.2) is 22.4 Å². The van der Waals surface area contributed by atoms with E-state index in [0.717, 1.165) is 32.1 Å². The van der Waals surface area contributed by atoms with Crippen LogP contribution < -0.4 is 15.6 Å². The van der Waals surface area contributed by atoms with E-state index in [0.29, 0.717) is 61.0 Å². The number of hydrogen-bond donors (Lipinski definition) is 4. The summed E-state index contributed by atoms with van der Waals surface area (Å²) in [5, 5.41) is 47.1. The lowest BCUT2D eigenvalue weighted by Gasteiger charge is -2.25. The van der Waals surface area contributed by atoms with Gasteiger partial charge in [0.1, 0.15) is 11.5 Å². The summed E-state index contributed by atoms with van der Waals surface area (Å²) in [7, 11) is 1.37. The maximum absolute atomic E-state index is 13.8. The summed E-state index contributed by atoms with van der Waals surface area (Å²) in [5.74, 6) is -1.66. The number of ether oxygens (including phenoxy) is 1. The highest BCUT2D eigenvalue weighted by atomic mass is 16.5. The van der Waals surface area contributed by atoms with Crippen molar-refractivity contribution in [3.05, 3.63) is 66.0 Å². The quantitative estimate of drug-likeness (QED) is 0.0887. The Kier molecular flexibility index (Phi) is 7.46. The van der Waals surface area contributed by atoms with Crippen LogP contribution in [0.3, 0.4) is 0 Å². The molecule has 0 bridgehead atoms. The van der Waals surface area contributed by atoms with Gasteiger partial charge in [0.25, 0.3) is 0 Å². The molecule has 8 nitrogen and oxygen atoms in total. The first kappa shape index (κ1) is 29.8. The molecule has 0 radical (unpaired) electrons. The summed E-state index contributed by atoms with van der Waals surface area (Å²) >= 11 is 0. The van der Waals surface area contributed by atoms with E-state index in [1.165, 1.54) is 26.2 Å². The molecule has 6 rings (SSSR count). The minimum atomic E-state index is -0.868. The zero-order valence-electron chi connectivity index (χ0n) is 25.4. The second-order valence-electron chi connectivity index (χ2n) is 12.0. The molecule has 5 aromatic rings. The van der Waals surface area contributed by atoms with Gasteiger partial charge in [0.2, 0.25) is 0 Å². The van der Waals surface area contributed by atoms with Gasteiger partial charge in [-0.25, -0.2) is 0 Å². The summed E-state index contributed by atoms with van der Waals surface area (Å²) < 4.78 is 5.75. The largest absolute Gasteiger partial charge is 0.507 e. The summed E-state index contributed by atoms with van der Waals surface area (Å²) in [6.45, 7) is 4.34. The number of benzene rings is 5. The predicted molar refractivity (Wildman–Crippen MR) is 173 cm³/mol. The van der Waals surface area contributed by atoms with Crippen LogP contribution in [0.5, 0.6) is 17.2 Å². The Labute approximate surface area is 253 Å². The number of aliphatic hydroxyl groups is 2. The minimum absolute atomic E-state index is 0.0143. The summed E-state index contributed by atoms with van der Waals surface area (Å²) in [4.78, 5) is 40.8. The second kappa shape index (κ2) is 11.0. The molecule has 44 heavy (non-hydrogen) atoms. The number of hydrogen-bond acceptors (Lipinski definition) is 8. The summed E-state index contributed by atoms with van der Waals surface area (Å²) in [5.41, 5.74) is 1.71. The fraction of sp³-hybridized carbons (Fsp3) is 0.361. The van der Waals surface area contributed by atoms with Crippen LogP contribution in [0.1, 0.15) is 86.6 Å². The molecule has 1 aliphatic rings. The fourth-order valence-corrected chi connectivity index (χ4v) is 7.65. The zero-order valence-corrected chi connectivity index (χ0v) is 25.4. The second-order valence-corrected chi connectivity index (χ2v) is 12.0. The molecular formula is C36H36O8. The number of unbranched alkanes of at least 4 members (excludes halogenated alkanes) is 4. The van der Waals surface area contributed by atoms with Crippen LogP contribution in [0.25, 0.3) is 49.2 Å². The maximum atomic E-state index is 13.8. The van der Waals surface area contributed by atoms with Crippen LogP contribution in [-0.4, -0.2) is 33.3 Å². The Morgan fingerprint density at radius 1 is 0.795 bits per heavy atom. The molecule has 0 spiro atoms. The molecule has 8 heteroatoms. The molecule has 228 valence electrons. The number of allylic oxidation sites excluding steroid dienone is 1. The molecule has 0 aromatic heterocycles. The summed E-state index contributed by atoms with van der Waals surface area (Å²) in [6, 6.07) is 2.53. The Balaban J connectivity index is 2.00. The van der Waals surface area contributed by atoms with E-state index < -0.39 is 35.7 Å². The molecule has 0 fully saturated rings. The number of ketones is 1. The van der Waals surface area contributed by atoms with Crippen molar-refractivity contribution in [3.63, 3.8) is 0 Å². The highest BCUT2D eigenvalue weighted by Gasteiger charge is 2.36. The van der Waals surface area contributed by atoms with Crippen LogP contribution in [0.4, 0.5) is 0 Å². The first-order chi connectivity index (χ1) is 21.1. The third kappa shape index (κ3) is 4.01. The SMILES string of the molecule is CCCCCCCc1c(O)c2c(=O)cc(CO)c3c4c(CO)cc(=O)c5c(O)c(OC)c6c(c(c1C=C(C)C6C(C)=O)c23)c54. The van der Waals surface area contributed by atoms with Gasteiger partial charge in [-0.2, -0.15) is 0 Å². The third-order valence-electron chi connectivity index (χ3n) is 9.43. The molecule has 0 saturated carbocycles. The van der Waals surface area contributed by atoms with Crippen molar-refractivity contribution in [1.29, 1.82) is 0 Å². The van der Waals surface area contributed by atoms with Gasteiger partial charge in [-0.1, -0.05) is 44.3 Å². The number of methoxy groups -OCH3 is 1. The zero-order chi connectivity index (χ0) is 31.6. The van der Waals surface area contributed by atoms with Crippen LogP contribution in [0.15, 0.2) is 27.3 Å². The normalized spacial score (nSPS) is 14.8. The van der Waals surface area contributed by atoms with Crippen molar-refractivity contribution in [3.8, 4) is 17.2 Å². The van der Waals surface area contributed by atoms with E-state index in [1.54, 1.807) is 0 Å². The van der Waals surface area contributed by atoms with Gasteiger partial charge in [-0.15, -0.1) is 0 Å². The molecule has 1 unspecified atom stereocenters. The number of carbonyl (C=O) groups excluding carboxylic acids is 1. The molecule has 0 amide bonds. The molecular weight excluding hydrogens is 560 g/mol. The molecule has 1 atom stereocenters. The highest BCUT2D eigenvalue weighted by Crippen LogP contribution is 2.56. The number of phenolic OH excluding ortho intramolecular Hbond substituents is 2. The number of phenols is 2. The fourth-order valence-electron chi connectivity index (χ4n) is 7.65. The van der Waals surface area contributed by atoms with Crippen molar-refractivity contribution in [2.24, 2.45) is 0 Å². The van der Waals surface area contributed by atoms with Gasteiger partial charge < -0.3 is 25.2 Å². The van der Waals surface area contributed by atoms with Crippen molar-refractivity contribution >= 4 is 54.9 Å². The number of aliphatic hydroxyl groups excluding tert-OH is 2. The first-order valence-corrected chi connectivity index (χ1v) is 15.2. The van der Waals surface area contributed by atoms with E-state index in [2.05, 4.69) is 6.92 Å². The van der Waals surface area contributed by atoms with Gasteiger partial charge >= 0.3 is 0 Å². The molecule has 0 aliphatic heterocycles.